The van der Waals surface area contributed by atoms with E-state index in [9.17, 15) is 8.42 Å². The fourth-order valence-corrected chi connectivity index (χ4v) is 5.43. The van der Waals surface area contributed by atoms with Gasteiger partial charge in [0.2, 0.25) is 10.0 Å². The predicted molar refractivity (Wildman–Crippen MR) is 108 cm³/mol. The highest BCUT2D eigenvalue weighted by molar-refractivity contribution is 7.89. The molecular weight excluding hydrogens is 407 g/mol. The van der Waals surface area contributed by atoms with Crippen LogP contribution in [-0.2, 0) is 10.0 Å². The lowest BCUT2D eigenvalue weighted by molar-refractivity contribution is 0.433. The van der Waals surface area contributed by atoms with Gasteiger partial charge in [-0.3, -0.25) is 0 Å². The molecular formula is C18H22Cl2N4O2S. The summed E-state index contributed by atoms with van der Waals surface area (Å²) in [7, 11) is -3.71. The van der Waals surface area contributed by atoms with Crippen LogP contribution in [0.2, 0.25) is 10.0 Å². The van der Waals surface area contributed by atoms with E-state index < -0.39 is 10.0 Å². The minimum absolute atomic E-state index is 0.0509. The van der Waals surface area contributed by atoms with E-state index in [1.165, 1.54) is 16.4 Å². The quantitative estimate of drug-likeness (QED) is 0.746. The second-order valence-corrected chi connectivity index (χ2v) is 9.37. The molecule has 1 saturated heterocycles. The molecule has 1 aliphatic heterocycles. The summed E-state index contributed by atoms with van der Waals surface area (Å²) in [4.78, 5) is 11.2. The van der Waals surface area contributed by atoms with E-state index >= 15 is 0 Å². The van der Waals surface area contributed by atoms with Crippen LogP contribution in [0.15, 0.2) is 23.1 Å². The minimum Gasteiger partial charge on any atom is -0.355 e. The minimum atomic E-state index is -3.71. The van der Waals surface area contributed by atoms with Crippen molar-refractivity contribution in [1.82, 2.24) is 14.3 Å². The van der Waals surface area contributed by atoms with Crippen molar-refractivity contribution in [3.05, 3.63) is 45.3 Å². The number of aryl methyl sites for hydroxylation is 2. The Hall–Kier alpha value is -1.41. The zero-order valence-corrected chi connectivity index (χ0v) is 17.9. The summed E-state index contributed by atoms with van der Waals surface area (Å²) in [6.45, 7) is 7.88. The maximum atomic E-state index is 13.1. The Morgan fingerprint density at radius 1 is 1.00 bits per heavy atom. The molecule has 0 spiro atoms. The molecule has 1 aromatic carbocycles. The number of benzene rings is 1. The second kappa shape index (κ2) is 7.91. The standard InChI is InChI=1S/C18H22Cl2N4O2S/c1-12-13(2)21-14(3)22-18(12)23-7-4-8-24(10-9-23)27(25,26)17-11-15(19)5-6-16(17)20/h5-6,11H,4,7-10H2,1-3H3. The van der Waals surface area contributed by atoms with Gasteiger partial charge in [-0.2, -0.15) is 4.31 Å². The van der Waals surface area contributed by atoms with Gasteiger partial charge in [0.15, 0.2) is 0 Å². The molecule has 0 amide bonds. The molecule has 0 radical (unpaired) electrons. The summed E-state index contributed by atoms with van der Waals surface area (Å²) < 4.78 is 27.6. The molecule has 0 unspecified atom stereocenters. The van der Waals surface area contributed by atoms with Gasteiger partial charge in [-0.15, -0.1) is 0 Å². The van der Waals surface area contributed by atoms with Crippen LogP contribution in [-0.4, -0.2) is 48.9 Å². The second-order valence-electron chi connectivity index (χ2n) is 6.62. The van der Waals surface area contributed by atoms with E-state index in [1.54, 1.807) is 6.07 Å². The average Bonchev–Trinajstić information content (AvgIpc) is 2.86. The highest BCUT2D eigenvalue weighted by Gasteiger charge is 2.29. The number of hydrogen-bond donors (Lipinski definition) is 0. The lowest BCUT2D eigenvalue weighted by Gasteiger charge is -2.25. The van der Waals surface area contributed by atoms with Gasteiger partial charge in [0.1, 0.15) is 16.5 Å². The monoisotopic (exact) mass is 428 g/mol. The third-order valence-corrected chi connectivity index (χ3v) is 7.36. The Morgan fingerprint density at radius 2 is 1.74 bits per heavy atom. The smallest absolute Gasteiger partial charge is 0.244 e. The summed E-state index contributed by atoms with van der Waals surface area (Å²) in [5.74, 6) is 1.59. The van der Waals surface area contributed by atoms with Crippen molar-refractivity contribution in [3.63, 3.8) is 0 Å². The lowest BCUT2D eigenvalue weighted by Crippen LogP contribution is -2.35. The molecule has 0 saturated carbocycles. The molecule has 2 aromatic rings. The zero-order chi connectivity index (χ0) is 19.8. The van der Waals surface area contributed by atoms with Crippen LogP contribution in [0, 0.1) is 20.8 Å². The van der Waals surface area contributed by atoms with Gasteiger partial charge in [0.25, 0.3) is 0 Å². The first-order valence-corrected chi connectivity index (χ1v) is 10.9. The number of hydrogen-bond acceptors (Lipinski definition) is 5. The third-order valence-electron chi connectivity index (χ3n) is 4.74. The van der Waals surface area contributed by atoms with Crippen LogP contribution < -0.4 is 4.90 Å². The largest absolute Gasteiger partial charge is 0.355 e. The first-order chi connectivity index (χ1) is 12.7. The highest BCUT2D eigenvalue weighted by Crippen LogP contribution is 2.29. The molecule has 6 nitrogen and oxygen atoms in total. The van der Waals surface area contributed by atoms with Gasteiger partial charge >= 0.3 is 0 Å². The maximum absolute atomic E-state index is 13.1. The fourth-order valence-electron chi connectivity index (χ4n) is 3.22. The summed E-state index contributed by atoms with van der Waals surface area (Å²) in [5, 5.41) is 0.524. The average molecular weight is 429 g/mol. The third kappa shape index (κ3) is 4.21. The number of halogens is 2. The molecule has 146 valence electrons. The molecule has 1 aromatic heterocycles. The van der Waals surface area contributed by atoms with E-state index in [4.69, 9.17) is 23.2 Å². The molecule has 2 heterocycles. The van der Waals surface area contributed by atoms with Crippen molar-refractivity contribution in [1.29, 1.82) is 0 Å². The first-order valence-electron chi connectivity index (χ1n) is 8.72. The Morgan fingerprint density at radius 3 is 2.48 bits per heavy atom. The topological polar surface area (TPSA) is 66.4 Å². The fraction of sp³-hybridized carbons (Fsp3) is 0.444. The van der Waals surface area contributed by atoms with Crippen molar-refractivity contribution >= 4 is 39.0 Å². The molecule has 0 atom stereocenters. The summed E-state index contributed by atoms with van der Waals surface area (Å²) in [6.07, 6.45) is 0.693. The zero-order valence-electron chi connectivity index (χ0n) is 15.5. The van der Waals surface area contributed by atoms with Crippen molar-refractivity contribution in [2.75, 3.05) is 31.1 Å². The van der Waals surface area contributed by atoms with Gasteiger partial charge in [0, 0.05) is 42.5 Å². The van der Waals surface area contributed by atoms with Gasteiger partial charge in [-0.1, -0.05) is 23.2 Å². The normalized spacial score (nSPS) is 16.4. The van der Waals surface area contributed by atoms with E-state index in [0.717, 1.165) is 23.6 Å². The van der Waals surface area contributed by atoms with E-state index in [1.807, 2.05) is 20.8 Å². The molecule has 0 aliphatic carbocycles. The van der Waals surface area contributed by atoms with Crippen LogP contribution in [0.5, 0.6) is 0 Å². The van der Waals surface area contributed by atoms with E-state index in [2.05, 4.69) is 14.9 Å². The van der Waals surface area contributed by atoms with E-state index in [0.29, 0.717) is 36.9 Å². The number of rotatable bonds is 3. The van der Waals surface area contributed by atoms with Crippen LogP contribution >= 0.6 is 23.2 Å². The lowest BCUT2D eigenvalue weighted by atomic mass is 10.2. The summed E-state index contributed by atoms with van der Waals surface area (Å²) >= 11 is 12.1. The first kappa shape index (κ1) is 20.3. The Balaban J connectivity index is 1.86. The number of nitrogens with zero attached hydrogens (tertiary/aromatic N) is 4. The van der Waals surface area contributed by atoms with Gasteiger partial charge < -0.3 is 4.90 Å². The van der Waals surface area contributed by atoms with Crippen LogP contribution in [0.25, 0.3) is 0 Å². The van der Waals surface area contributed by atoms with Crippen LogP contribution in [0.4, 0.5) is 5.82 Å². The molecule has 0 bridgehead atoms. The Labute approximate surface area is 170 Å². The number of aromatic nitrogens is 2. The molecule has 27 heavy (non-hydrogen) atoms. The number of sulfonamides is 1. The van der Waals surface area contributed by atoms with Crippen LogP contribution in [0.3, 0.4) is 0 Å². The molecule has 9 heteroatoms. The predicted octanol–water partition coefficient (Wildman–Crippen LogP) is 3.61. The number of anilines is 1. The summed E-state index contributed by atoms with van der Waals surface area (Å²) in [5.41, 5.74) is 1.96. The van der Waals surface area contributed by atoms with Crippen molar-refractivity contribution in [3.8, 4) is 0 Å². The van der Waals surface area contributed by atoms with E-state index in [-0.39, 0.29) is 9.92 Å². The van der Waals surface area contributed by atoms with Gasteiger partial charge in [0.05, 0.1) is 5.02 Å². The van der Waals surface area contributed by atoms with Gasteiger partial charge in [-0.05, 0) is 45.4 Å². The van der Waals surface area contributed by atoms with Gasteiger partial charge in [-0.25, -0.2) is 18.4 Å². The summed E-state index contributed by atoms with van der Waals surface area (Å²) in [6, 6.07) is 4.50. The molecule has 1 fully saturated rings. The molecule has 0 N–H and O–H groups in total. The maximum Gasteiger partial charge on any atom is 0.244 e. The van der Waals surface area contributed by atoms with Crippen molar-refractivity contribution in [2.24, 2.45) is 0 Å². The van der Waals surface area contributed by atoms with Crippen molar-refractivity contribution in [2.45, 2.75) is 32.1 Å². The molecule has 3 rings (SSSR count). The Kier molecular flexibility index (Phi) is 5.96. The van der Waals surface area contributed by atoms with Crippen molar-refractivity contribution < 1.29 is 8.42 Å². The van der Waals surface area contributed by atoms with Crippen LogP contribution in [0.1, 0.15) is 23.5 Å². The SMILES string of the molecule is Cc1nc(C)c(C)c(N2CCCN(S(=O)(=O)c3cc(Cl)ccc3Cl)CC2)n1. The molecule has 1 aliphatic rings. The highest BCUT2D eigenvalue weighted by atomic mass is 35.5. The Bertz CT molecular complexity index is 966.